The highest BCUT2D eigenvalue weighted by Crippen LogP contribution is 2.30. The first kappa shape index (κ1) is 11.0. The predicted molar refractivity (Wildman–Crippen MR) is 52.2 cm³/mol. The van der Waals surface area contributed by atoms with Crippen LogP contribution < -0.4 is 0 Å². The molecular formula is C10H17NO3. The first-order valence-electron chi connectivity index (χ1n) is 4.89. The zero-order valence-corrected chi connectivity index (χ0v) is 8.71. The van der Waals surface area contributed by atoms with Crippen molar-refractivity contribution in [2.45, 2.75) is 25.7 Å². The van der Waals surface area contributed by atoms with E-state index in [1.54, 1.807) is 0 Å². The summed E-state index contributed by atoms with van der Waals surface area (Å²) < 4.78 is 9.57. The lowest BCUT2D eigenvalue weighted by molar-refractivity contribution is -0.146. The minimum absolute atomic E-state index is 0.0286. The van der Waals surface area contributed by atoms with Crippen molar-refractivity contribution < 1.29 is 14.3 Å². The molecule has 0 radical (unpaired) electrons. The molecule has 0 heterocycles. The predicted octanol–water partition coefficient (Wildman–Crippen LogP) is 1.59. The van der Waals surface area contributed by atoms with Crippen molar-refractivity contribution in [3.8, 4) is 0 Å². The molecule has 0 spiro atoms. The molecule has 1 saturated carbocycles. The van der Waals surface area contributed by atoms with Crippen LogP contribution in [0.2, 0.25) is 0 Å². The summed E-state index contributed by atoms with van der Waals surface area (Å²) >= 11 is 0. The van der Waals surface area contributed by atoms with E-state index < -0.39 is 0 Å². The molecular weight excluding hydrogens is 182 g/mol. The normalized spacial score (nSPS) is 26.7. The van der Waals surface area contributed by atoms with Crippen LogP contribution >= 0.6 is 0 Å². The van der Waals surface area contributed by atoms with Gasteiger partial charge in [0.15, 0.2) is 5.90 Å². The molecule has 0 saturated heterocycles. The van der Waals surface area contributed by atoms with Gasteiger partial charge in [-0.25, -0.2) is 0 Å². The zero-order chi connectivity index (χ0) is 10.6. The van der Waals surface area contributed by atoms with Gasteiger partial charge in [0.2, 0.25) is 0 Å². The Morgan fingerprint density at radius 2 is 1.57 bits per heavy atom. The Kier molecular flexibility index (Phi) is 3.92. The number of carbonyl (C=O) groups is 1. The largest absolute Gasteiger partial charge is 0.484 e. The highest BCUT2D eigenvalue weighted by atomic mass is 16.5. The maximum Gasteiger partial charge on any atom is 0.308 e. The van der Waals surface area contributed by atoms with Crippen LogP contribution in [0.4, 0.5) is 0 Å². The van der Waals surface area contributed by atoms with Gasteiger partial charge in [-0.1, -0.05) is 0 Å². The standard InChI is InChI=1S/C10H17NO3/c1-13-9(11)7-3-5-8(6-4-7)10(12)14-2/h7-8,11H,3-6H2,1-2H3. The molecule has 1 fully saturated rings. The van der Waals surface area contributed by atoms with Crippen LogP contribution in [0.25, 0.3) is 0 Å². The van der Waals surface area contributed by atoms with Gasteiger partial charge in [0.25, 0.3) is 0 Å². The SMILES string of the molecule is COC(=N)C1CCC(C(=O)OC)CC1. The van der Waals surface area contributed by atoms with Crippen LogP contribution in [0, 0.1) is 17.2 Å². The molecule has 0 aromatic heterocycles. The van der Waals surface area contributed by atoms with E-state index in [2.05, 4.69) is 4.74 Å². The van der Waals surface area contributed by atoms with Crippen LogP contribution in [0.5, 0.6) is 0 Å². The van der Waals surface area contributed by atoms with Crippen molar-refractivity contribution in [2.24, 2.45) is 11.8 Å². The summed E-state index contributed by atoms with van der Waals surface area (Å²) in [4.78, 5) is 11.2. The molecule has 14 heavy (non-hydrogen) atoms. The number of methoxy groups -OCH3 is 2. The van der Waals surface area contributed by atoms with Crippen molar-refractivity contribution in [3.63, 3.8) is 0 Å². The van der Waals surface area contributed by atoms with Crippen molar-refractivity contribution in [3.05, 3.63) is 0 Å². The Hall–Kier alpha value is -1.06. The van der Waals surface area contributed by atoms with Crippen molar-refractivity contribution in [2.75, 3.05) is 14.2 Å². The fourth-order valence-electron chi connectivity index (χ4n) is 1.92. The maximum absolute atomic E-state index is 11.2. The van der Waals surface area contributed by atoms with Crippen LogP contribution in [0.1, 0.15) is 25.7 Å². The number of hydrogen-bond acceptors (Lipinski definition) is 4. The van der Waals surface area contributed by atoms with Gasteiger partial charge in [-0.3, -0.25) is 10.2 Å². The molecule has 0 aromatic rings. The van der Waals surface area contributed by atoms with Crippen molar-refractivity contribution in [1.82, 2.24) is 0 Å². The average Bonchev–Trinajstić information content (AvgIpc) is 2.27. The summed E-state index contributed by atoms with van der Waals surface area (Å²) in [5.41, 5.74) is 0. The second kappa shape index (κ2) is 4.98. The molecule has 4 nitrogen and oxygen atoms in total. The van der Waals surface area contributed by atoms with Gasteiger partial charge in [-0.15, -0.1) is 0 Å². The van der Waals surface area contributed by atoms with E-state index >= 15 is 0 Å². The topological polar surface area (TPSA) is 59.4 Å². The molecule has 0 amide bonds. The highest BCUT2D eigenvalue weighted by molar-refractivity contribution is 5.76. The first-order valence-corrected chi connectivity index (χ1v) is 4.89. The number of rotatable bonds is 2. The van der Waals surface area contributed by atoms with Gasteiger partial charge in [0.05, 0.1) is 20.1 Å². The number of ether oxygens (including phenoxy) is 2. The average molecular weight is 199 g/mol. The summed E-state index contributed by atoms with van der Waals surface area (Å²) in [5, 5.41) is 7.51. The molecule has 0 aliphatic heterocycles. The number of esters is 1. The van der Waals surface area contributed by atoms with Gasteiger partial charge in [0, 0.05) is 5.92 Å². The van der Waals surface area contributed by atoms with E-state index in [1.807, 2.05) is 0 Å². The van der Waals surface area contributed by atoms with Gasteiger partial charge in [0.1, 0.15) is 0 Å². The second-order valence-corrected chi connectivity index (χ2v) is 3.64. The van der Waals surface area contributed by atoms with Crippen LogP contribution in [0.15, 0.2) is 0 Å². The molecule has 80 valence electrons. The lowest BCUT2D eigenvalue weighted by atomic mass is 9.82. The van der Waals surface area contributed by atoms with Gasteiger partial charge in [-0.2, -0.15) is 0 Å². The van der Waals surface area contributed by atoms with Gasteiger partial charge >= 0.3 is 5.97 Å². The Bertz CT molecular complexity index is 195. The van der Waals surface area contributed by atoms with E-state index in [0.717, 1.165) is 25.7 Å². The first-order chi connectivity index (χ1) is 6.69. The molecule has 4 heteroatoms. The number of nitrogens with one attached hydrogen (secondary N) is 1. The third kappa shape index (κ3) is 2.47. The van der Waals surface area contributed by atoms with E-state index in [4.69, 9.17) is 10.1 Å². The van der Waals surface area contributed by atoms with E-state index in [1.165, 1.54) is 14.2 Å². The Balaban J connectivity index is 2.38. The third-order valence-corrected chi connectivity index (χ3v) is 2.85. The van der Waals surface area contributed by atoms with Crippen molar-refractivity contribution >= 4 is 11.9 Å². The van der Waals surface area contributed by atoms with Crippen LogP contribution in [-0.4, -0.2) is 26.1 Å². The lowest BCUT2D eigenvalue weighted by Gasteiger charge is -2.26. The zero-order valence-electron chi connectivity index (χ0n) is 8.71. The molecule has 1 rings (SSSR count). The minimum atomic E-state index is -0.118. The summed E-state index contributed by atoms with van der Waals surface area (Å²) in [6.07, 6.45) is 3.32. The fraction of sp³-hybridized carbons (Fsp3) is 0.800. The molecule has 0 unspecified atom stereocenters. The minimum Gasteiger partial charge on any atom is -0.484 e. The maximum atomic E-state index is 11.2. The highest BCUT2D eigenvalue weighted by Gasteiger charge is 2.29. The second-order valence-electron chi connectivity index (χ2n) is 3.64. The van der Waals surface area contributed by atoms with Gasteiger partial charge in [-0.05, 0) is 25.7 Å². The van der Waals surface area contributed by atoms with Crippen LogP contribution in [0.3, 0.4) is 0 Å². The third-order valence-electron chi connectivity index (χ3n) is 2.85. The molecule has 1 aliphatic carbocycles. The Morgan fingerprint density at radius 1 is 1.07 bits per heavy atom. The van der Waals surface area contributed by atoms with Crippen molar-refractivity contribution in [1.29, 1.82) is 5.41 Å². The number of hydrogen-bond donors (Lipinski definition) is 1. The summed E-state index contributed by atoms with van der Waals surface area (Å²) in [7, 11) is 2.94. The number of carbonyl (C=O) groups excluding carboxylic acids is 1. The summed E-state index contributed by atoms with van der Waals surface area (Å²) in [6, 6.07) is 0. The summed E-state index contributed by atoms with van der Waals surface area (Å²) in [5.74, 6) is 0.447. The Labute approximate surface area is 84.1 Å². The van der Waals surface area contributed by atoms with Crippen LogP contribution in [-0.2, 0) is 14.3 Å². The van der Waals surface area contributed by atoms with E-state index in [9.17, 15) is 4.79 Å². The smallest absolute Gasteiger partial charge is 0.308 e. The molecule has 0 bridgehead atoms. The summed E-state index contributed by atoms with van der Waals surface area (Å²) in [6.45, 7) is 0. The lowest BCUT2D eigenvalue weighted by Crippen LogP contribution is -2.26. The van der Waals surface area contributed by atoms with E-state index in [0.29, 0.717) is 5.90 Å². The molecule has 1 aliphatic rings. The molecule has 1 N–H and O–H groups in total. The monoisotopic (exact) mass is 199 g/mol. The van der Waals surface area contributed by atoms with E-state index in [-0.39, 0.29) is 17.8 Å². The van der Waals surface area contributed by atoms with Gasteiger partial charge < -0.3 is 9.47 Å². The molecule has 0 aromatic carbocycles. The quantitative estimate of drug-likeness (QED) is 0.417. The molecule has 0 atom stereocenters. The Morgan fingerprint density at radius 3 is 2.00 bits per heavy atom. The fourth-order valence-corrected chi connectivity index (χ4v) is 1.92.